The Morgan fingerprint density at radius 1 is 0.750 bits per heavy atom. The summed E-state index contributed by atoms with van der Waals surface area (Å²) in [7, 11) is 4.69. The molecule has 0 radical (unpaired) electrons. The third kappa shape index (κ3) is 5.43. The zero-order chi connectivity index (χ0) is 23.3. The predicted octanol–water partition coefficient (Wildman–Crippen LogP) is 0.676. The van der Waals surface area contributed by atoms with Gasteiger partial charge in [-0.3, -0.25) is 0 Å². The van der Waals surface area contributed by atoms with Crippen LogP contribution < -0.4 is 18.9 Å². The van der Waals surface area contributed by atoms with E-state index in [4.69, 9.17) is 23.7 Å². The largest absolute Gasteiger partial charge is 0.497 e. The molecule has 0 spiro atoms. The van der Waals surface area contributed by atoms with E-state index in [0.717, 1.165) is 11.1 Å². The smallest absolute Gasteiger partial charge is 0.229 e. The molecule has 1 aliphatic rings. The third-order valence-corrected chi connectivity index (χ3v) is 5.43. The first-order valence-electron chi connectivity index (χ1n) is 10.3. The molecule has 1 fully saturated rings. The van der Waals surface area contributed by atoms with E-state index in [2.05, 4.69) is 0 Å². The van der Waals surface area contributed by atoms with Gasteiger partial charge in [0.2, 0.25) is 6.29 Å². The lowest BCUT2D eigenvalue weighted by molar-refractivity contribution is -0.277. The fourth-order valence-electron chi connectivity index (χ4n) is 3.56. The SMILES string of the molecule is COc1cc(CCc2ccc(OC)c(O[C@@H]3O[C@H](CO)[C@@H](O)[C@H](O)[C@H]3O)c2)cc(OC)c1. The molecular formula is C23H30O9. The van der Waals surface area contributed by atoms with Crippen molar-refractivity contribution in [2.45, 2.75) is 43.5 Å². The lowest BCUT2D eigenvalue weighted by Crippen LogP contribution is -2.60. The Kier molecular flexibility index (Phi) is 8.16. The number of rotatable bonds is 9. The van der Waals surface area contributed by atoms with Gasteiger partial charge < -0.3 is 44.1 Å². The summed E-state index contributed by atoms with van der Waals surface area (Å²) in [6, 6.07) is 11.1. The summed E-state index contributed by atoms with van der Waals surface area (Å²) in [6.45, 7) is -0.536. The molecule has 1 saturated heterocycles. The van der Waals surface area contributed by atoms with Crippen molar-refractivity contribution in [2.75, 3.05) is 27.9 Å². The van der Waals surface area contributed by atoms with Crippen molar-refractivity contribution in [1.82, 2.24) is 0 Å². The second-order valence-electron chi connectivity index (χ2n) is 7.52. The number of aliphatic hydroxyl groups is 4. The van der Waals surface area contributed by atoms with Gasteiger partial charge in [0.15, 0.2) is 11.5 Å². The molecule has 1 aliphatic heterocycles. The fraction of sp³-hybridized carbons (Fsp3) is 0.478. The second-order valence-corrected chi connectivity index (χ2v) is 7.52. The van der Waals surface area contributed by atoms with Crippen LogP contribution in [0, 0.1) is 0 Å². The average molecular weight is 450 g/mol. The highest BCUT2D eigenvalue weighted by Gasteiger charge is 2.44. The van der Waals surface area contributed by atoms with E-state index in [1.165, 1.54) is 7.11 Å². The maximum Gasteiger partial charge on any atom is 0.229 e. The van der Waals surface area contributed by atoms with Crippen LogP contribution in [0.5, 0.6) is 23.0 Å². The molecule has 5 atom stereocenters. The molecule has 0 aliphatic carbocycles. The molecule has 0 aromatic heterocycles. The maximum absolute atomic E-state index is 10.3. The first-order chi connectivity index (χ1) is 15.4. The van der Waals surface area contributed by atoms with Gasteiger partial charge in [-0.25, -0.2) is 0 Å². The summed E-state index contributed by atoms with van der Waals surface area (Å²) in [5.41, 5.74) is 1.97. The minimum atomic E-state index is -1.52. The fourth-order valence-corrected chi connectivity index (χ4v) is 3.56. The van der Waals surface area contributed by atoms with E-state index in [9.17, 15) is 20.4 Å². The summed E-state index contributed by atoms with van der Waals surface area (Å²) in [4.78, 5) is 0. The van der Waals surface area contributed by atoms with Gasteiger partial charge in [0.25, 0.3) is 0 Å². The van der Waals surface area contributed by atoms with Gasteiger partial charge in [0.05, 0.1) is 27.9 Å². The van der Waals surface area contributed by atoms with Crippen molar-refractivity contribution < 1.29 is 44.1 Å². The minimum absolute atomic E-state index is 0.303. The molecule has 2 aromatic rings. The number of ether oxygens (including phenoxy) is 5. The maximum atomic E-state index is 10.3. The number of aliphatic hydroxyl groups excluding tert-OH is 4. The number of methoxy groups -OCH3 is 3. The molecule has 0 saturated carbocycles. The number of hydrogen-bond acceptors (Lipinski definition) is 9. The number of benzene rings is 2. The first-order valence-corrected chi connectivity index (χ1v) is 10.3. The van der Waals surface area contributed by atoms with Crippen molar-refractivity contribution in [3.63, 3.8) is 0 Å². The summed E-state index contributed by atoms with van der Waals surface area (Å²) in [5, 5.41) is 39.6. The monoisotopic (exact) mass is 450 g/mol. The molecule has 176 valence electrons. The first kappa shape index (κ1) is 24.1. The Labute approximate surface area is 186 Å². The molecule has 9 heteroatoms. The molecule has 32 heavy (non-hydrogen) atoms. The van der Waals surface area contributed by atoms with Crippen LogP contribution in [0.15, 0.2) is 36.4 Å². The minimum Gasteiger partial charge on any atom is -0.497 e. The second kappa shape index (κ2) is 10.8. The van der Waals surface area contributed by atoms with Gasteiger partial charge in [-0.05, 0) is 48.2 Å². The summed E-state index contributed by atoms with van der Waals surface area (Å²) >= 11 is 0. The predicted molar refractivity (Wildman–Crippen MR) is 114 cm³/mol. The third-order valence-electron chi connectivity index (χ3n) is 5.43. The van der Waals surface area contributed by atoms with Gasteiger partial charge >= 0.3 is 0 Å². The van der Waals surface area contributed by atoms with E-state index >= 15 is 0 Å². The Balaban J connectivity index is 1.76. The van der Waals surface area contributed by atoms with Gasteiger partial charge in [-0.1, -0.05) is 6.07 Å². The van der Waals surface area contributed by atoms with Gasteiger partial charge in [0.1, 0.15) is 35.9 Å². The highest BCUT2D eigenvalue weighted by atomic mass is 16.7. The van der Waals surface area contributed by atoms with Gasteiger partial charge in [-0.2, -0.15) is 0 Å². The van der Waals surface area contributed by atoms with Gasteiger partial charge in [-0.15, -0.1) is 0 Å². The Hall–Kier alpha value is -2.56. The van der Waals surface area contributed by atoms with Crippen molar-refractivity contribution in [3.05, 3.63) is 47.5 Å². The topological polar surface area (TPSA) is 127 Å². The van der Waals surface area contributed by atoms with Crippen molar-refractivity contribution in [2.24, 2.45) is 0 Å². The standard InChI is InChI=1S/C23H30O9/c1-28-15-8-14(9-16(11-15)29-2)5-4-13-6-7-17(30-3)18(10-13)31-23-22(27)21(26)20(25)19(12-24)32-23/h6-11,19-27H,4-5,12H2,1-3H3/t19-,20-,21+,22-,23-/m1/s1. The number of hydrogen-bond donors (Lipinski definition) is 4. The molecular weight excluding hydrogens is 420 g/mol. The van der Waals surface area contributed by atoms with Crippen LogP contribution in [0.4, 0.5) is 0 Å². The molecule has 0 bridgehead atoms. The summed E-state index contributed by atoms with van der Waals surface area (Å²) in [6.07, 6.45) is -5.46. The lowest BCUT2D eigenvalue weighted by atomic mass is 9.99. The van der Waals surface area contributed by atoms with Crippen LogP contribution >= 0.6 is 0 Å². The number of aryl methyl sites for hydroxylation is 2. The van der Waals surface area contributed by atoms with Crippen molar-refractivity contribution >= 4 is 0 Å². The van der Waals surface area contributed by atoms with Crippen LogP contribution in [-0.2, 0) is 17.6 Å². The van der Waals surface area contributed by atoms with Crippen molar-refractivity contribution in [1.29, 1.82) is 0 Å². The molecule has 4 N–H and O–H groups in total. The van der Waals surface area contributed by atoms with Crippen LogP contribution in [0.3, 0.4) is 0 Å². The summed E-state index contributed by atoms with van der Waals surface area (Å²) in [5.74, 6) is 2.13. The zero-order valence-electron chi connectivity index (χ0n) is 18.3. The normalized spacial score (nSPS) is 25.3. The Morgan fingerprint density at radius 3 is 2.00 bits per heavy atom. The van der Waals surface area contributed by atoms with E-state index in [-0.39, 0.29) is 0 Å². The van der Waals surface area contributed by atoms with Gasteiger partial charge in [0, 0.05) is 6.07 Å². The molecule has 9 nitrogen and oxygen atoms in total. The van der Waals surface area contributed by atoms with Crippen molar-refractivity contribution in [3.8, 4) is 23.0 Å². The van der Waals surface area contributed by atoms with Crippen LogP contribution in [0.2, 0.25) is 0 Å². The summed E-state index contributed by atoms with van der Waals surface area (Å²) < 4.78 is 27.2. The highest BCUT2D eigenvalue weighted by Crippen LogP contribution is 2.33. The lowest BCUT2D eigenvalue weighted by Gasteiger charge is -2.39. The quantitative estimate of drug-likeness (QED) is 0.436. The van der Waals surface area contributed by atoms with E-state index in [0.29, 0.717) is 35.8 Å². The van der Waals surface area contributed by atoms with Crippen LogP contribution in [0.25, 0.3) is 0 Å². The van der Waals surface area contributed by atoms with E-state index in [1.54, 1.807) is 26.4 Å². The van der Waals surface area contributed by atoms with Crippen LogP contribution in [0.1, 0.15) is 11.1 Å². The highest BCUT2D eigenvalue weighted by molar-refractivity contribution is 5.44. The van der Waals surface area contributed by atoms with E-state index < -0.39 is 37.3 Å². The Morgan fingerprint density at radius 2 is 1.41 bits per heavy atom. The molecule has 1 heterocycles. The van der Waals surface area contributed by atoms with E-state index in [1.807, 2.05) is 24.3 Å². The molecule has 2 aromatic carbocycles. The molecule has 0 amide bonds. The molecule has 0 unspecified atom stereocenters. The Bertz CT molecular complexity index is 864. The average Bonchev–Trinajstić information content (AvgIpc) is 2.82. The molecule has 3 rings (SSSR count). The zero-order valence-corrected chi connectivity index (χ0v) is 18.3. The van der Waals surface area contributed by atoms with Crippen LogP contribution in [-0.4, -0.2) is 79.1 Å².